The van der Waals surface area contributed by atoms with Crippen molar-refractivity contribution in [3.05, 3.63) is 42.5 Å². The molecule has 0 aromatic heterocycles. The number of rotatable bonds is 7. The van der Waals surface area contributed by atoms with Crippen LogP contribution in [0, 0.1) is 0 Å². The van der Waals surface area contributed by atoms with E-state index in [-0.39, 0.29) is 0 Å². The lowest BCUT2D eigenvalue weighted by Gasteiger charge is -2.22. The lowest BCUT2D eigenvalue weighted by molar-refractivity contribution is -0.131. The molecule has 25 heavy (non-hydrogen) atoms. The van der Waals surface area contributed by atoms with E-state index in [2.05, 4.69) is 6.58 Å². The highest BCUT2D eigenvalue weighted by atomic mass is 16.5. The van der Waals surface area contributed by atoms with E-state index < -0.39 is 18.2 Å². The molecule has 0 spiro atoms. The number of aliphatic carboxylic acids is 1. The number of aromatic carboxylic acids is 1. The molecule has 0 atom stereocenters. The maximum atomic E-state index is 10.9. The van der Waals surface area contributed by atoms with E-state index in [4.69, 9.17) is 20.4 Å². The molecule has 7 nitrogen and oxygen atoms in total. The molecule has 1 aromatic carbocycles. The van der Waals surface area contributed by atoms with Crippen LogP contribution in [0.3, 0.4) is 0 Å². The lowest BCUT2D eigenvalue weighted by Crippen LogP contribution is -2.24. The average Bonchev–Trinajstić information content (AvgIpc) is 2.57. The second-order valence-electron chi connectivity index (χ2n) is 4.81. The molecular weight excluding hydrogens is 326 g/mol. The molecule has 1 rings (SSSR count). The highest BCUT2D eigenvalue weighted by molar-refractivity contribution is 5.94. The van der Waals surface area contributed by atoms with Crippen molar-refractivity contribution in [2.45, 2.75) is 39.9 Å². The zero-order valence-electron chi connectivity index (χ0n) is 15.1. The van der Waals surface area contributed by atoms with Gasteiger partial charge >= 0.3 is 11.9 Å². The monoisotopic (exact) mass is 355 g/mol. The zero-order chi connectivity index (χ0) is 19.8. The third-order valence-electron chi connectivity index (χ3n) is 2.96. The van der Waals surface area contributed by atoms with Gasteiger partial charge in [-0.3, -0.25) is 0 Å². The first-order valence-corrected chi connectivity index (χ1v) is 8.03. The molecule has 0 radical (unpaired) electrons. The number of hydrogen-bond acceptors (Lipinski definition) is 5. The minimum absolute atomic E-state index is 0.371. The van der Waals surface area contributed by atoms with Crippen molar-refractivity contribution < 1.29 is 30.0 Å². The van der Waals surface area contributed by atoms with Gasteiger partial charge in [-0.1, -0.05) is 32.1 Å². The normalized spacial score (nSPS) is 9.20. The molecule has 0 amide bonds. The third-order valence-corrected chi connectivity index (χ3v) is 2.96. The fourth-order valence-corrected chi connectivity index (χ4v) is 1.75. The van der Waals surface area contributed by atoms with Crippen LogP contribution in [0.2, 0.25) is 0 Å². The fraction of sp³-hybridized carbons (Fsp3) is 0.444. The lowest BCUT2D eigenvalue weighted by atomic mass is 10.1. The van der Waals surface area contributed by atoms with Gasteiger partial charge in [0.25, 0.3) is 0 Å². The van der Waals surface area contributed by atoms with Gasteiger partial charge < -0.3 is 25.3 Å². The number of aliphatic hydroxyl groups is 2. The summed E-state index contributed by atoms with van der Waals surface area (Å²) in [5.41, 5.74) is 1.17. The standard InChI is InChI=1S/C11H15NO2.C4H10O2.C3H4O2/c1-3-12(4-2)10-8-6-5-7-9(10)11(13)14;1-2-3-4(5)6;1-2-3(4)5/h5-8H,3-4H2,1-2H3,(H,13,14);4-6H,2-3H2,1H3;2H,1H2,(H,4,5). The Balaban J connectivity index is 0. The summed E-state index contributed by atoms with van der Waals surface area (Å²) in [6.45, 7) is 10.5. The summed E-state index contributed by atoms with van der Waals surface area (Å²) in [4.78, 5) is 22.2. The maximum absolute atomic E-state index is 10.9. The second kappa shape index (κ2) is 15.2. The van der Waals surface area contributed by atoms with Crippen molar-refractivity contribution >= 4 is 17.6 Å². The number of carboxylic acids is 2. The molecule has 4 N–H and O–H groups in total. The zero-order valence-corrected chi connectivity index (χ0v) is 15.1. The summed E-state index contributed by atoms with van der Waals surface area (Å²) in [5.74, 6) is -1.85. The van der Waals surface area contributed by atoms with Crippen LogP contribution >= 0.6 is 0 Å². The Morgan fingerprint density at radius 2 is 1.60 bits per heavy atom. The van der Waals surface area contributed by atoms with E-state index in [1.165, 1.54) is 0 Å². The molecule has 0 heterocycles. The molecule has 1 aromatic rings. The summed E-state index contributed by atoms with van der Waals surface area (Å²) in [7, 11) is 0. The summed E-state index contributed by atoms with van der Waals surface area (Å²) < 4.78 is 0. The second-order valence-corrected chi connectivity index (χ2v) is 4.81. The number of carbonyl (C=O) groups is 2. The smallest absolute Gasteiger partial charge is 0.337 e. The molecule has 7 heteroatoms. The first kappa shape index (κ1) is 24.9. The Kier molecular flexibility index (Phi) is 15.1. The molecule has 0 saturated heterocycles. The Morgan fingerprint density at radius 1 is 1.12 bits per heavy atom. The number of anilines is 1. The van der Waals surface area contributed by atoms with Crippen LogP contribution < -0.4 is 4.90 Å². The summed E-state index contributed by atoms with van der Waals surface area (Å²) in [5, 5.41) is 32.8. The Hall–Kier alpha value is -2.38. The summed E-state index contributed by atoms with van der Waals surface area (Å²) in [6, 6.07) is 7.09. The summed E-state index contributed by atoms with van der Waals surface area (Å²) >= 11 is 0. The van der Waals surface area contributed by atoms with E-state index in [1.807, 2.05) is 37.8 Å². The number of benzene rings is 1. The maximum Gasteiger partial charge on any atom is 0.337 e. The van der Waals surface area contributed by atoms with Crippen molar-refractivity contribution in [1.29, 1.82) is 0 Å². The van der Waals surface area contributed by atoms with Crippen molar-refractivity contribution in [2.24, 2.45) is 0 Å². The van der Waals surface area contributed by atoms with Crippen LogP contribution in [0.4, 0.5) is 5.69 Å². The molecule has 0 unspecified atom stereocenters. The van der Waals surface area contributed by atoms with E-state index in [9.17, 15) is 9.59 Å². The van der Waals surface area contributed by atoms with Crippen LogP contribution in [0.5, 0.6) is 0 Å². The van der Waals surface area contributed by atoms with Crippen LogP contribution in [0.25, 0.3) is 0 Å². The SMILES string of the molecule is C=CC(=O)O.CCCC(O)O.CCN(CC)c1ccccc1C(=O)O. The van der Waals surface area contributed by atoms with Gasteiger partial charge in [-0.2, -0.15) is 0 Å². The molecular formula is C18H29NO6. The van der Waals surface area contributed by atoms with Crippen molar-refractivity contribution in [1.82, 2.24) is 0 Å². The van der Waals surface area contributed by atoms with Gasteiger partial charge in [0.05, 0.1) is 11.3 Å². The van der Waals surface area contributed by atoms with E-state index in [0.29, 0.717) is 12.0 Å². The minimum atomic E-state index is -1.10. The van der Waals surface area contributed by atoms with Gasteiger partial charge in [-0.15, -0.1) is 0 Å². The average molecular weight is 355 g/mol. The highest BCUT2D eigenvalue weighted by Crippen LogP contribution is 2.19. The van der Waals surface area contributed by atoms with Crippen LogP contribution in [-0.4, -0.2) is 51.7 Å². The quantitative estimate of drug-likeness (QED) is 0.438. The van der Waals surface area contributed by atoms with E-state index >= 15 is 0 Å². The molecule has 0 saturated carbocycles. The molecule has 142 valence electrons. The predicted molar refractivity (Wildman–Crippen MR) is 97.9 cm³/mol. The Labute approximate surface area is 148 Å². The molecule has 0 aliphatic carbocycles. The van der Waals surface area contributed by atoms with Crippen molar-refractivity contribution in [3.8, 4) is 0 Å². The number of aliphatic hydroxyl groups excluding tert-OH is 1. The largest absolute Gasteiger partial charge is 0.478 e. The first-order valence-electron chi connectivity index (χ1n) is 8.03. The third kappa shape index (κ3) is 12.7. The number of carboxylic acid groups (broad SMARTS) is 2. The van der Waals surface area contributed by atoms with E-state index in [0.717, 1.165) is 31.3 Å². The van der Waals surface area contributed by atoms with Gasteiger partial charge in [0.1, 0.15) is 0 Å². The minimum Gasteiger partial charge on any atom is -0.478 e. The van der Waals surface area contributed by atoms with E-state index in [1.54, 1.807) is 12.1 Å². The summed E-state index contributed by atoms with van der Waals surface area (Å²) in [6.07, 6.45) is 1.05. The fourth-order valence-electron chi connectivity index (χ4n) is 1.75. The van der Waals surface area contributed by atoms with Crippen molar-refractivity contribution in [3.63, 3.8) is 0 Å². The Morgan fingerprint density at radius 3 is 1.88 bits per heavy atom. The van der Waals surface area contributed by atoms with Crippen molar-refractivity contribution in [2.75, 3.05) is 18.0 Å². The Bertz CT molecular complexity index is 512. The number of hydrogen-bond donors (Lipinski definition) is 4. The molecule has 0 fully saturated rings. The first-order chi connectivity index (χ1) is 11.7. The molecule has 0 bridgehead atoms. The van der Waals surface area contributed by atoms with Gasteiger partial charge in [0, 0.05) is 19.2 Å². The van der Waals surface area contributed by atoms with Crippen LogP contribution in [-0.2, 0) is 4.79 Å². The van der Waals surface area contributed by atoms with Gasteiger partial charge in [0.2, 0.25) is 0 Å². The highest BCUT2D eigenvalue weighted by Gasteiger charge is 2.12. The number of para-hydroxylation sites is 1. The van der Waals surface area contributed by atoms with Gasteiger partial charge in [0.15, 0.2) is 6.29 Å². The predicted octanol–water partition coefficient (Wildman–Crippen LogP) is 2.59. The van der Waals surface area contributed by atoms with Crippen LogP contribution in [0.15, 0.2) is 36.9 Å². The topological polar surface area (TPSA) is 118 Å². The van der Waals surface area contributed by atoms with Crippen LogP contribution in [0.1, 0.15) is 44.0 Å². The van der Waals surface area contributed by atoms with Gasteiger partial charge in [-0.05, 0) is 32.4 Å². The number of nitrogens with zero attached hydrogens (tertiary/aromatic N) is 1. The molecule has 0 aliphatic heterocycles. The van der Waals surface area contributed by atoms with Gasteiger partial charge in [-0.25, -0.2) is 9.59 Å². The molecule has 0 aliphatic rings.